The molecule has 45 heavy (non-hydrogen) atoms. The fourth-order valence-corrected chi connectivity index (χ4v) is 6.81. The minimum absolute atomic E-state index is 0.00145. The quantitative estimate of drug-likeness (QED) is 0.331. The third-order valence-corrected chi connectivity index (χ3v) is 9.95. The van der Waals surface area contributed by atoms with Crippen molar-refractivity contribution in [3.8, 4) is 17.2 Å². The van der Waals surface area contributed by atoms with E-state index in [-0.39, 0.29) is 61.1 Å². The van der Waals surface area contributed by atoms with E-state index in [0.717, 1.165) is 0 Å². The van der Waals surface area contributed by atoms with Crippen LogP contribution in [-0.4, -0.2) is 85.5 Å². The van der Waals surface area contributed by atoms with Gasteiger partial charge in [0.15, 0.2) is 17.3 Å². The van der Waals surface area contributed by atoms with E-state index in [1.165, 1.54) is 18.3 Å². The number of aryl methyl sites for hydroxylation is 2. The number of carbonyl (C=O) groups excluding carboxylic acids is 2. The third-order valence-electron chi connectivity index (χ3n) is 7.88. The highest BCUT2D eigenvalue weighted by molar-refractivity contribution is 7.89. The molecule has 0 unspecified atom stereocenters. The SMILES string of the molecule is Cc1noc(C)c1S(=O)(=O)N(C)C[C@@H]1Oc2ccc(NC(=O)Nc3ccc4c(c3)OCO4)cc2CC(=O)N([C@H](C)CO)C[C@@H]1C. The summed E-state index contributed by atoms with van der Waals surface area (Å²) in [6.45, 7) is 6.76. The number of aliphatic hydroxyl groups is 1. The summed E-state index contributed by atoms with van der Waals surface area (Å²) in [4.78, 5) is 27.9. The van der Waals surface area contributed by atoms with Crippen molar-refractivity contribution < 1.29 is 41.8 Å². The first-order valence-corrected chi connectivity index (χ1v) is 15.9. The molecule has 3 aromatic rings. The normalized spacial score (nSPS) is 18.8. The molecule has 3 amide bonds. The second-order valence-corrected chi connectivity index (χ2v) is 13.3. The number of carbonyl (C=O) groups is 2. The number of likely N-dealkylation sites (N-methyl/N-ethyl adjacent to an activating group) is 1. The molecule has 2 aliphatic rings. The largest absolute Gasteiger partial charge is 0.488 e. The molecule has 15 heteroatoms. The van der Waals surface area contributed by atoms with Gasteiger partial charge in [-0.3, -0.25) is 4.79 Å². The number of aromatic nitrogens is 1. The highest BCUT2D eigenvalue weighted by Gasteiger charge is 2.35. The van der Waals surface area contributed by atoms with Crippen LogP contribution in [0.5, 0.6) is 17.2 Å². The first kappa shape index (κ1) is 32.1. The number of urea groups is 1. The van der Waals surface area contributed by atoms with Crippen molar-refractivity contribution in [1.82, 2.24) is 14.4 Å². The lowest BCUT2D eigenvalue weighted by Gasteiger charge is -2.33. The van der Waals surface area contributed by atoms with E-state index in [1.54, 1.807) is 55.1 Å². The second-order valence-electron chi connectivity index (χ2n) is 11.3. The Balaban J connectivity index is 1.40. The molecule has 242 valence electrons. The van der Waals surface area contributed by atoms with Gasteiger partial charge in [-0.15, -0.1) is 0 Å². The van der Waals surface area contributed by atoms with Crippen molar-refractivity contribution in [2.45, 2.75) is 51.2 Å². The molecule has 0 spiro atoms. The van der Waals surface area contributed by atoms with Crippen molar-refractivity contribution in [3.05, 3.63) is 53.4 Å². The van der Waals surface area contributed by atoms with Gasteiger partial charge < -0.3 is 39.4 Å². The van der Waals surface area contributed by atoms with Gasteiger partial charge in [0, 0.05) is 42.5 Å². The van der Waals surface area contributed by atoms with Gasteiger partial charge in [-0.1, -0.05) is 12.1 Å². The summed E-state index contributed by atoms with van der Waals surface area (Å²) in [7, 11) is -2.52. The number of hydrogen-bond acceptors (Lipinski definition) is 10. The van der Waals surface area contributed by atoms with E-state index in [1.807, 2.05) is 6.92 Å². The van der Waals surface area contributed by atoms with Gasteiger partial charge >= 0.3 is 6.03 Å². The van der Waals surface area contributed by atoms with Crippen LogP contribution in [0.3, 0.4) is 0 Å². The first-order valence-electron chi connectivity index (χ1n) is 14.4. The average Bonchev–Trinajstić information content (AvgIpc) is 3.61. The number of benzene rings is 2. The second kappa shape index (κ2) is 12.9. The molecule has 0 aliphatic carbocycles. The molecule has 3 N–H and O–H groups in total. The Morgan fingerprint density at radius 1 is 1.11 bits per heavy atom. The fourth-order valence-electron chi connectivity index (χ4n) is 5.34. The van der Waals surface area contributed by atoms with Crippen molar-refractivity contribution >= 4 is 33.3 Å². The van der Waals surface area contributed by atoms with Crippen LogP contribution in [-0.2, 0) is 21.2 Å². The lowest BCUT2D eigenvalue weighted by molar-refractivity contribution is -0.134. The number of ether oxygens (including phenoxy) is 3. The van der Waals surface area contributed by atoms with Crippen molar-refractivity contribution in [1.29, 1.82) is 0 Å². The molecule has 3 heterocycles. The minimum atomic E-state index is -3.97. The van der Waals surface area contributed by atoms with Gasteiger partial charge in [0.25, 0.3) is 0 Å². The molecule has 3 atom stereocenters. The molecule has 2 aliphatic heterocycles. The smallest absolute Gasteiger partial charge is 0.323 e. The molecule has 1 aromatic heterocycles. The van der Waals surface area contributed by atoms with E-state index in [9.17, 15) is 23.1 Å². The summed E-state index contributed by atoms with van der Waals surface area (Å²) in [5, 5.41) is 19.2. The summed E-state index contributed by atoms with van der Waals surface area (Å²) >= 11 is 0. The molecule has 2 aromatic carbocycles. The van der Waals surface area contributed by atoms with Gasteiger partial charge in [0.2, 0.25) is 22.7 Å². The molecule has 14 nitrogen and oxygen atoms in total. The number of rotatable bonds is 8. The summed E-state index contributed by atoms with van der Waals surface area (Å²) in [5.74, 6) is 1.10. The van der Waals surface area contributed by atoms with Crippen LogP contribution in [0.4, 0.5) is 16.2 Å². The molecule has 0 saturated heterocycles. The fraction of sp³-hybridized carbons (Fsp3) is 0.433. The van der Waals surface area contributed by atoms with Crippen LogP contribution in [0.2, 0.25) is 0 Å². The molecule has 0 bridgehead atoms. The maximum absolute atomic E-state index is 13.5. The number of nitrogens with zero attached hydrogens (tertiary/aromatic N) is 3. The monoisotopic (exact) mass is 643 g/mol. The Morgan fingerprint density at radius 2 is 1.78 bits per heavy atom. The Labute approximate surface area is 261 Å². The molecule has 0 radical (unpaired) electrons. The molecule has 0 saturated carbocycles. The van der Waals surface area contributed by atoms with E-state index in [0.29, 0.717) is 34.2 Å². The zero-order chi connectivity index (χ0) is 32.5. The average molecular weight is 644 g/mol. The molecule has 5 rings (SSSR count). The first-order chi connectivity index (χ1) is 21.4. The minimum Gasteiger partial charge on any atom is -0.488 e. The Bertz CT molecular complexity index is 1670. The Morgan fingerprint density at radius 3 is 2.44 bits per heavy atom. The highest BCUT2D eigenvalue weighted by Crippen LogP contribution is 2.35. The zero-order valence-corrected chi connectivity index (χ0v) is 26.5. The molecule has 0 fully saturated rings. The van der Waals surface area contributed by atoms with E-state index in [4.69, 9.17) is 18.7 Å². The summed E-state index contributed by atoms with van der Waals surface area (Å²) < 4.78 is 50.4. The maximum atomic E-state index is 13.5. The van der Waals surface area contributed by atoms with Gasteiger partial charge in [-0.2, -0.15) is 4.31 Å². The Kier molecular flexibility index (Phi) is 9.23. The Hall–Kier alpha value is -4.34. The van der Waals surface area contributed by atoms with Crippen molar-refractivity contribution in [2.75, 3.05) is 44.2 Å². The molecular weight excluding hydrogens is 606 g/mol. The third kappa shape index (κ3) is 6.84. The van der Waals surface area contributed by atoms with E-state index < -0.39 is 28.2 Å². The lowest BCUT2D eigenvalue weighted by atomic mass is 10.0. The summed E-state index contributed by atoms with van der Waals surface area (Å²) in [6.07, 6.45) is -0.748. The molecular formula is C30H37N5O9S. The summed E-state index contributed by atoms with van der Waals surface area (Å²) in [6, 6.07) is 8.96. The lowest BCUT2D eigenvalue weighted by Crippen LogP contribution is -2.48. The van der Waals surface area contributed by atoms with Gasteiger partial charge in [0.05, 0.1) is 25.6 Å². The van der Waals surface area contributed by atoms with Crippen LogP contribution in [0, 0.1) is 19.8 Å². The zero-order valence-electron chi connectivity index (χ0n) is 25.7. The number of anilines is 2. The van der Waals surface area contributed by atoms with Crippen molar-refractivity contribution in [3.63, 3.8) is 0 Å². The van der Waals surface area contributed by atoms with Crippen molar-refractivity contribution in [2.24, 2.45) is 5.92 Å². The number of amides is 3. The van der Waals surface area contributed by atoms with E-state index >= 15 is 0 Å². The number of fused-ring (bicyclic) bond motifs is 2. The van der Waals surface area contributed by atoms with Crippen LogP contribution in [0.15, 0.2) is 45.8 Å². The van der Waals surface area contributed by atoms with E-state index in [2.05, 4.69) is 15.8 Å². The number of sulfonamides is 1. The topological polar surface area (TPSA) is 173 Å². The predicted molar refractivity (Wildman–Crippen MR) is 163 cm³/mol. The van der Waals surface area contributed by atoms with Crippen LogP contribution in [0.25, 0.3) is 0 Å². The van der Waals surface area contributed by atoms with Crippen LogP contribution in [0.1, 0.15) is 30.9 Å². The number of aliphatic hydroxyl groups excluding tert-OH is 1. The standard InChI is InChI=1S/C30H37N5O9S/c1-17-13-35(18(2)15-36)28(37)11-21-10-22(31-30(38)32-23-7-9-25-26(12-23)42-16-41-25)6-8-24(21)43-27(17)14-34(5)45(39,40)29-19(3)33-44-20(29)4/h6-10,12,17-18,27,36H,11,13-16H2,1-5H3,(H2,31,32,38)/t17-,18+,27-/m0/s1. The summed E-state index contributed by atoms with van der Waals surface area (Å²) in [5.41, 5.74) is 1.65. The van der Waals surface area contributed by atoms with Crippen LogP contribution >= 0.6 is 0 Å². The van der Waals surface area contributed by atoms with Gasteiger partial charge in [-0.05, 0) is 51.1 Å². The van der Waals surface area contributed by atoms with Crippen LogP contribution < -0.4 is 24.8 Å². The number of hydrogen-bond donors (Lipinski definition) is 3. The highest BCUT2D eigenvalue weighted by atomic mass is 32.2. The predicted octanol–water partition coefficient (Wildman–Crippen LogP) is 3.13. The maximum Gasteiger partial charge on any atom is 0.323 e. The van der Waals surface area contributed by atoms with Gasteiger partial charge in [-0.25, -0.2) is 13.2 Å². The number of nitrogens with one attached hydrogen (secondary N) is 2. The van der Waals surface area contributed by atoms with Gasteiger partial charge in [0.1, 0.15) is 22.4 Å².